The van der Waals surface area contributed by atoms with E-state index in [1.165, 1.54) is 0 Å². The Morgan fingerprint density at radius 3 is 2.50 bits per heavy atom. The molecule has 4 nitrogen and oxygen atoms in total. The number of rotatable bonds is 9. The van der Waals surface area contributed by atoms with Crippen molar-refractivity contribution in [2.24, 2.45) is 0 Å². The highest BCUT2D eigenvalue weighted by Crippen LogP contribution is 2.01. The first kappa shape index (κ1) is 13.6. The Hall–Kier alpha value is -0.420. The fraction of sp³-hybridized carbons (Fsp3) is 0.800. The van der Waals surface area contributed by atoms with Crippen molar-refractivity contribution in [2.45, 2.75) is 19.4 Å². The van der Waals surface area contributed by atoms with E-state index in [-0.39, 0.29) is 6.61 Å². The number of hydrogen-bond acceptors (Lipinski definition) is 4. The maximum atomic E-state index is 9.36. The van der Waals surface area contributed by atoms with E-state index in [0.29, 0.717) is 32.8 Å². The van der Waals surface area contributed by atoms with E-state index in [2.05, 4.69) is 6.58 Å². The Labute approximate surface area is 85.1 Å². The highest BCUT2D eigenvalue weighted by molar-refractivity contribution is 4.90. The van der Waals surface area contributed by atoms with Crippen molar-refractivity contribution in [2.75, 3.05) is 33.0 Å². The van der Waals surface area contributed by atoms with E-state index in [4.69, 9.17) is 14.6 Å². The molecule has 2 N–H and O–H groups in total. The molecule has 0 aromatic rings. The Morgan fingerprint density at radius 2 is 1.93 bits per heavy atom. The standard InChI is InChI=1S/C10H20O4/c1-9(2)7-10(12)8-14-6-5-13-4-3-11/h10-12H,1,3-8H2,2H3. The second kappa shape index (κ2) is 9.15. The molecule has 0 fully saturated rings. The Balaban J connectivity index is 3.14. The van der Waals surface area contributed by atoms with Crippen LogP contribution in [0.3, 0.4) is 0 Å². The molecule has 0 saturated heterocycles. The van der Waals surface area contributed by atoms with Crippen molar-refractivity contribution in [3.63, 3.8) is 0 Å². The van der Waals surface area contributed by atoms with E-state index in [1.807, 2.05) is 6.92 Å². The lowest BCUT2D eigenvalue weighted by molar-refractivity contribution is -0.00163. The van der Waals surface area contributed by atoms with Crippen LogP contribution in [0.5, 0.6) is 0 Å². The van der Waals surface area contributed by atoms with Crippen molar-refractivity contribution in [3.05, 3.63) is 12.2 Å². The molecule has 14 heavy (non-hydrogen) atoms. The molecule has 0 aliphatic carbocycles. The van der Waals surface area contributed by atoms with Gasteiger partial charge in [-0.3, -0.25) is 0 Å². The maximum absolute atomic E-state index is 9.36. The summed E-state index contributed by atoms with van der Waals surface area (Å²) in [5, 5.41) is 17.8. The molecule has 0 bridgehead atoms. The van der Waals surface area contributed by atoms with Gasteiger partial charge >= 0.3 is 0 Å². The van der Waals surface area contributed by atoms with Crippen LogP contribution in [-0.4, -0.2) is 49.4 Å². The average molecular weight is 204 g/mol. The van der Waals surface area contributed by atoms with Crippen LogP contribution in [0.15, 0.2) is 12.2 Å². The lowest BCUT2D eigenvalue weighted by Crippen LogP contribution is -2.17. The normalized spacial score (nSPS) is 12.8. The largest absolute Gasteiger partial charge is 0.394 e. The summed E-state index contributed by atoms with van der Waals surface area (Å²) in [6, 6.07) is 0. The fourth-order valence-electron chi connectivity index (χ4n) is 0.965. The zero-order chi connectivity index (χ0) is 10.8. The van der Waals surface area contributed by atoms with E-state index >= 15 is 0 Å². The number of aliphatic hydroxyl groups excluding tert-OH is 2. The van der Waals surface area contributed by atoms with Crippen LogP contribution in [-0.2, 0) is 9.47 Å². The molecule has 84 valence electrons. The van der Waals surface area contributed by atoms with Crippen molar-refractivity contribution in [1.82, 2.24) is 0 Å². The molecule has 0 aliphatic rings. The Bertz CT molecular complexity index is 147. The molecule has 0 amide bonds. The van der Waals surface area contributed by atoms with E-state index in [0.717, 1.165) is 5.57 Å². The van der Waals surface area contributed by atoms with Gasteiger partial charge in [0.2, 0.25) is 0 Å². The van der Waals surface area contributed by atoms with Crippen molar-refractivity contribution in [1.29, 1.82) is 0 Å². The molecular weight excluding hydrogens is 184 g/mol. The van der Waals surface area contributed by atoms with Crippen LogP contribution in [0.1, 0.15) is 13.3 Å². The second-order valence-electron chi connectivity index (χ2n) is 3.23. The van der Waals surface area contributed by atoms with E-state index in [1.54, 1.807) is 0 Å². The summed E-state index contributed by atoms with van der Waals surface area (Å²) in [5.41, 5.74) is 0.942. The van der Waals surface area contributed by atoms with Crippen LogP contribution in [0, 0.1) is 0 Å². The Morgan fingerprint density at radius 1 is 1.29 bits per heavy atom. The molecule has 0 aromatic heterocycles. The van der Waals surface area contributed by atoms with E-state index in [9.17, 15) is 5.11 Å². The van der Waals surface area contributed by atoms with Gasteiger partial charge in [0.15, 0.2) is 0 Å². The zero-order valence-corrected chi connectivity index (χ0v) is 8.74. The van der Waals surface area contributed by atoms with Crippen LogP contribution >= 0.6 is 0 Å². The van der Waals surface area contributed by atoms with Crippen LogP contribution in [0.2, 0.25) is 0 Å². The summed E-state index contributed by atoms with van der Waals surface area (Å²) in [5.74, 6) is 0. The van der Waals surface area contributed by atoms with Gasteiger partial charge in [-0.2, -0.15) is 0 Å². The molecule has 1 atom stereocenters. The first-order valence-corrected chi connectivity index (χ1v) is 4.75. The summed E-state index contributed by atoms with van der Waals surface area (Å²) in [7, 11) is 0. The summed E-state index contributed by atoms with van der Waals surface area (Å²) < 4.78 is 10.1. The molecule has 0 radical (unpaired) electrons. The number of ether oxygens (including phenoxy) is 2. The third-order valence-corrected chi connectivity index (χ3v) is 1.50. The van der Waals surface area contributed by atoms with Gasteiger partial charge in [0.05, 0.1) is 39.1 Å². The number of hydrogen-bond donors (Lipinski definition) is 2. The van der Waals surface area contributed by atoms with Gasteiger partial charge in [0.1, 0.15) is 0 Å². The molecule has 0 aromatic carbocycles. The number of aliphatic hydroxyl groups is 2. The monoisotopic (exact) mass is 204 g/mol. The average Bonchev–Trinajstić information content (AvgIpc) is 2.10. The Kier molecular flexibility index (Phi) is 8.87. The molecule has 1 unspecified atom stereocenters. The first-order valence-electron chi connectivity index (χ1n) is 4.75. The van der Waals surface area contributed by atoms with Gasteiger partial charge in [0.25, 0.3) is 0 Å². The molecule has 0 spiro atoms. The topological polar surface area (TPSA) is 58.9 Å². The third-order valence-electron chi connectivity index (χ3n) is 1.50. The summed E-state index contributed by atoms with van der Waals surface area (Å²) in [4.78, 5) is 0. The van der Waals surface area contributed by atoms with Gasteiger partial charge in [0, 0.05) is 0 Å². The zero-order valence-electron chi connectivity index (χ0n) is 8.74. The summed E-state index contributed by atoms with van der Waals surface area (Å²) >= 11 is 0. The van der Waals surface area contributed by atoms with Crippen molar-refractivity contribution in [3.8, 4) is 0 Å². The van der Waals surface area contributed by atoms with Crippen molar-refractivity contribution < 1.29 is 19.7 Å². The van der Waals surface area contributed by atoms with Crippen LogP contribution in [0.4, 0.5) is 0 Å². The maximum Gasteiger partial charge on any atom is 0.0810 e. The molecular formula is C10H20O4. The minimum absolute atomic E-state index is 0.0261. The highest BCUT2D eigenvalue weighted by atomic mass is 16.5. The molecule has 0 rings (SSSR count). The van der Waals surface area contributed by atoms with E-state index < -0.39 is 6.10 Å². The van der Waals surface area contributed by atoms with Crippen molar-refractivity contribution >= 4 is 0 Å². The smallest absolute Gasteiger partial charge is 0.0810 e. The predicted octanol–water partition coefficient (Wildman–Crippen LogP) is 0.339. The minimum atomic E-state index is -0.481. The summed E-state index contributed by atoms with van der Waals surface area (Å²) in [6.45, 7) is 7.11. The van der Waals surface area contributed by atoms with Gasteiger partial charge < -0.3 is 19.7 Å². The van der Waals surface area contributed by atoms with Crippen LogP contribution < -0.4 is 0 Å². The van der Waals surface area contributed by atoms with Gasteiger partial charge in [-0.25, -0.2) is 0 Å². The highest BCUT2D eigenvalue weighted by Gasteiger charge is 2.03. The molecule has 0 aliphatic heterocycles. The van der Waals surface area contributed by atoms with Gasteiger partial charge in [-0.15, -0.1) is 6.58 Å². The lowest BCUT2D eigenvalue weighted by Gasteiger charge is -2.10. The first-order chi connectivity index (χ1) is 6.66. The van der Waals surface area contributed by atoms with Gasteiger partial charge in [-0.1, -0.05) is 5.57 Å². The predicted molar refractivity (Wildman–Crippen MR) is 54.2 cm³/mol. The minimum Gasteiger partial charge on any atom is -0.394 e. The third kappa shape index (κ3) is 9.67. The van der Waals surface area contributed by atoms with Crippen LogP contribution in [0.25, 0.3) is 0 Å². The summed E-state index contributed by atoms with van der Waals surface area (Å²) in [6.07, 6.45) is 0.0858. The molecule has 0 heterocycles. The van der Waals surface area contributed by atoms with Gasteiger partial charge in [-0.05, 0) is 13.3 Å². The second-order valence-corrected chi connectivity index (χ2v) is 3.23. The molecule has 0 saturated carbocycles. The SMILES string of the molecule is C=C(C)CC(O)COCCOCCO. The fourth-order valence-corrected chi connectivity index (χ4v) is 0.965. The molecule has 4 heteroatoms. The lowest BCUT2D eigenvalue weighted by atomic mass is 10.1. The quantitative estimate of drug-likeness (QED) is 0.420.